The van der Waals surface area contributed by atoms with E-state index in [1.54, 1.807) is 23.2 Å². The summed E-state index contributed by atoms with van der Waals surface area (Å²) in [6, 6.07) is 8.63. The van der Waals surface area contributed by atoms with Crippen molar-refractivity contribution in [3.8, 4) is 0 Å². The maximum atomic E-state index is 13.2. The molecule has 1 aliphatic heterocycles. The van der Waals surface area contributed by atoms with Crippen LogP contribution in [0.5, 0.6) is 0 Å². The average Bonchev–Trinajstić information content (AvgIpc) is 3.28. The molecular formula is C21H20ClN3O3. The Balaban J connectivity index is 1.70. The first kappa shape index (κ1) is 17.4. The summed E-state index contributed by atoms with van der Waals surface area (Å²) in [7, 11) is 0. The quantitative estimate of drug-likeness (QED) is 0.620. The van der Waals surface area contributed by atoms with E-state index in [1.807, 2.05) is 18.2 Å². The van der Waals surface area contributed by atoms with Crippen LogP contribution >= 0.6 is 11.6 Å². The fraction of sp³-hybridized carbons (Fsp3) is 0.333. The molecule has 1 fully saturated rings. The lowest BCUT2D eigenvalue weighted by atomic mass is 9.61. The molecule has 2 aromatic heterocycles. The number of hydrogen-bond acceptors (Lipinski definition) is 2. The lowest BCUT2D eigenvalue weighted by molar-refractivity contribution is -0.161. The number of H-pyrrole nitrogens is 2. The van der Waals surface area contributed by atoms with Crippen LogP contribution in [0, 0.1) is 5.41 Å². The predicted octanol–water partition coefficient (Wildman–Crippen LogP) is 4.14. The molecule has 3 aromatic rings. The number of fused-ring (bicyclic) bond motifs is 3. The highest BCUT2D eigenvalue weighted by atomic mass is 35.5. The van der Waals surface area contributed by atoms with Crippen LogP contribution in [0.2, 0.25) is 5.02 Å². The molecule has 28 heavy (non-hydrogen) atoms. The average molecular weight is 398 g/mol. The molecule has 1 aromatic carbocycles. The number of carboxylic acids is 1. The van der Waals surface area contributed by atoms with Gasteiger partial charge in [0.1, 0.15) is 5.69 Å². The largest absolute Gasteiger partial charge is 0.481 e. The van der Waals surface area contributed by atoms with Crippen molar-refractivity contribution in [3.63, 3.8) is 0 Å². The Morgan fingerprint density at radius 3 is 2.71 bits per heavy atom. The molecule has 1 atom stereocenters. The minimum atomic E-state index is -0.956. The molecule has 1 saturated carbocycles. The van der Waals surface area contributed by atoms with Crippen molar-refractivity contribution in [1.82, 2.24) is 14.9 Å². The fourth-order valence-corrected chi connectivity index (χ4v) is 5.01. The number of carbonyl (C=O) groups excluding carboxylic acids is 1. The summed E-state index contributed by atoms with van der Waals surface area (Å²) in [4.78, 5) is 33.7. The molecule has 3 N–H and O–H groups in total. The Morgan fingerprint density at radius 2 is 2.07 bits per heavy atom. The number of carboxylic acid groups (broad SMARTS) is 1. The summed E-state index contributed by atoms with van der Waals surface area (Å²) in [6.07, 6.45) is 4.36. The van der Waals surface area contributed by atoms with E-state index in [0.29, 0.717) is 36.5 Å². The highest BCUT2D eigenvalue weighted by Crippen LogP contribution is 2.55. The van der Waals surface area contributed by atoms with Crippen LogP contribution in [-0.4, -0.2) is 38.4 Å². The van der Waals surface area contributed by atoms with E-state index in [9.17, 15) is 14.7 Å². The van der Waals surface area contributed by atoms with Gasteiger partial charge in [-0.05, 0) is 55.2 Å². The fourth-order valence-electron chi connectivity index (χ4n) is 4.83. The second-order valence-electron chi connectivity index (χ2n) is 7.76. The van der Waals surface area contributed by atoms with Gasteiger partial charge >= 0.3 is 5.97 Å². The van der Waals surface area contributed by atoms with Gasteiger partial charge in [-0.25, -0.2) is 0 Å². The lowest BCUT2D eigenvalue weighted by Gasteiger charge is -2.50. The van der Waals surface area contributed by atoms with E-state index in [1.165, 1.54) is 0 Å². The highest BCUT2D eigenvalue weighted by molar-refractivity contribution is 6.31. The Morgan fingerprint density at radius 1 is 1.25 bits per heavy atom. The normalized spacial score (nSPS) is 20.6. The number of aromatic amines is 2. The minimum Gasteiger partial charge on any atom is -0.481 e. The molecule has 0 saturated heterocycles. The van der Waals surface area contributed by atoms with Crippen molar-refractivity contribution in [3.05, 3.63) is 58.5 Å². The Labute approximate surface area is 166 Å². The molecular weight excluding hydrogens is 378 g/mol. The molecule has 7 heteroatoms. The molecule has 144 valence electrons. The summed E-state index contributed by atoms with van der Waals surface area (Å²) in [5, 5.41) is 11.8. The van der Waals surface area contributed by atoms with Crippen LogP contribution in [0.1, 0.15) is 47.1 Å². The van der Waals surface area contributed by atoms with Gasteiger partial charge in [0.2, 0.25) is 0 Å². The molecule has 1 amide bonds. The summed E-state index contributed by atoms with van der Waals surface area (Å²) in [6.45, 7) is 0.476. The summed E-state index contributed by atoms with van der Waals surface area (Å²) in [5.74, 6) is -0.998. The number of aliphatic carboxylic acids is 1. The van der Waals surface area contributed by atoms with Gasteiger partial charge in [-0.15, -0.1) is 0 Å². The molecule has 1 aliphatic carbocycles. The van der Waals surface area contributed by atoms with Crippen LogP contribution in [0.4, 0.5) is 0 Å². The monoisotopic (exact) mass is 397 g/mol. The maximum Gasteiger partial charge on any atom is 0.312 e. The van der Waals surface area contributed by atoms with Gasteiger partial charge in [-0.2, -0.15) is 0 Å². The Kier molecular flexibility index (Phi) is 3.81. The number of rotatable bonds is 3. The number of carbonyl (C=O) groups is 2. The molecule has 0 spiro atoms. The van der Waals surface area contributed by atoms with Crippen molar-refractivity contribution in [1.29, 1.82) is 0 Å². The van der Waals surface area contributed by atoms with Gasteiger partial charge < -0.3 is 20.0 Å². The third kappa shape index (κ3) is 2.34. The zero-order chi connectivity index (χ0) is 19.5. The third-order valence-corrected chi connectivity index (χ3v) is 6.61. The highest BCUT2D eigenvalue weighted by Gasteiger charge is 2.56. The summed E-state index contributed by atoms with van der Waals surface area (Å²) in [5.41, 5.74) is 2.36. The second-order valence-corrected chi connectivity index (χ2v) is 8.19. The Hall–Kier alpha value is -2.73. The van der Waals surface area contributed by atoms with Crippen molar-refractivity contribution in [2.75, 3.05) is 6.54 Å². The van der Waals surface area contributed by atoms with E-state index in [0.717, 1.165) is 28.6 Å². The molecule has 0 bridgehead atoms. The van der Waals surface area contributed by atoms with Crippen LogP contribution in [-0.2, 0) is 11.2 Å². The van der Waals surface area contributed by atoms with Crippen LogP contribution in [0.3, 0.4) is 0 Å². The first-order chi connectivity index (χ1) is 13.5. The number of nitrogens with zero attached hydrogens (tertiary/aromatic N) is 1. The molecule has 6 nitrogen and oxygen atoms in total. The van der Waals surface area contributed by atoms with Gasteiger partial charge in [0.15, 0.2) is 0 Å². The van der Waals surface area contributed by atoms with E-state index < -0.39 is 17.4 Å². The molecule has 5 rings (SSSR count). The van der Waals surface area contributed by atoms with Gasteiger partial charge in [0.25, 0.3) is 5.91 Å². The summed E-state index contributed by atoms with van der Waals surface area (Å²) < 4.78 is 0. The van der Waals surface area contributed by atoms with E-state index in [4.69, 9.17) is 11.6 Å². The van der Waals surface area contributed by atoms with Crippen LogP contribution in [0.15, 0.2) is 36.5 Å². The molecule has 2 aliphatic rings. The standard InChI is InChI=1S/C21H20ClN3O3/c22-12-4-5-15-14(11-12)13-6-10-25(19(26)16-3-1-9-23-16)18(17(13)24-15)21(20(27)28)7-2-8-21/h1,3-5,9,11,18,23-24H,2,6-8,10H2,(H,27,28). The number of benzene rings is 1. The van der Waals surface area contributed by atoms with Crippen LogP contribution < -0.4 is 0 Å². The van der Waals surface area contributed by atoms with E-state index in [2.05, 4.69) is 9.97 Å². The molecule has 0 radical (unpaired) electrons. The minimum absolute atomic E-state index is 0.162. The number of halogens is 1. The number of nitrogens with one attached hydrogen (secondary N) is 2. The maximum absolute atomic E-state index is 13.2. The smallest absolute Gasteiger partial charge is 0.312 e. The number of hydrogen-bond donors (Lipinski definition) is 3. The molecule has 1 unspecified atom stereocenters. The Bertz CT molecular complexity index is 1080. The van der Waals surface area contributed by atoms with Crippen LogP contribution in [0.25, 0.3) is 10.9 Å². The van der Waals surface area contributed by atoms with Gasteiger partial charge in [-0.1, -0.05) is 18.0 Å². The lowest BCUT2D eigenvalue weighted by Crippen LogP contribution is -2.54. The van der Waals surface area contributed by atoms with Crippen molar-refractivity contribution >= 4 is 34.4 Å². The first-order valence-electron chi connectivity index (χ1n) is 9.49. The topological polar surface area (TPSA) is 89.2 Å². The predicted molar refractivity (Wildman–Crippen MR) is 106 cm³/mol. The third-order valence-electron chi connectivity index (χ3n) is 6.37. The van der Waals surface area contributed by atoms with Crippen molar-refractivity contribution in [2.45, 2.75) is 31.7 Å². The van der Waals surface area contributed by atoms with Crippen molar-refractivity contribution in [2.24, 2.45) is 5.41 Å². The SMILES string of the molecule is O=C(c1ccc[nH]1)N1CCc2c([nH]c3ccc(Cl)cc23)C1C1(C(=O)O)CCC1. The zero-order valence-electron chi connectivity index (χ0n) is 15.2. The van der Waals surface area contributed by atoms with Crippen molar-refractivity contribution < 1.29 is 14.7 Å². The number of amides is 1. The van der Waals surface area contributed by atoms with Gasteiger partial charge in [0, 0.05) is 34.4 Å². The summed E-state index contributed by atoms with van der Waals surface area (Å²) >= 11 is 6.20. The number of aromatic nitrogens is 2. The zero-order valence-corrected chi connectivity index (χ0v) is 15.9. The van der Waals surface area contributed by atoms with E-state index in [-0.39, 0.29) is 5.91 Å². The second kappa shape index (κ2) is 6.14. The van der Waals surface area contributed by atoms with Gasteiger partial charge in [-0.3, -0.25) is 9.59 Å². The van der Waals surface area contributed by atoms with Gasteiger partial charge in [0.05, 0.1) is 11.5 Å². The molecule has 3 heterocycles. The first-order valence-corrected chi connectivity index (χ1v) is 9.87. The van der Waals surface area contributed by atoms with E-state index >= 15 is 0 Å².